The zero-order valence-corrected chi connectivity index (χ0v) is 22.8. The summed E-state index contributed by atoms with van der Waals surface area (Å²) in [4.78, 5) is 53.5. The van der Waals surface area contributed by atoms with Crippen LogP contribution in [0.1, 0.15) is 88.7 Å². The molecular formula is C32H22O8S. The second-order valence-corrected chi connectivity index (χ2v) is 10.8. The van der Waals surface area contributed by atoms with Crippen LogP contribution in [0.3, 0.4) is 0 Å². The summed E-state index contributed by atoms with van der Waals surface area (Å²) >= 11 is 0. The minimum Gasteiger partial charge on any atom is -0.352 e. The van der Waals surface area contributed by atoms with Crippen LogP contribution in [0.4, 0.5) is 0 Å². The van der Waals surface area contributed by atoms with Gasteiger partial charge in [0.2, 0.25) is 0 Å². The SMILES string of the molecule is CCc1ccc2c(c1OS(=O)(=O)Oc1c(CC)ccc3c1C(=O)c1ccccc1C3=O)C(=O)c1ccccc1C2=O. The van der Waals surface area contributed by atoms with Crippen LogP contribution in [0.5, 0.6) is 11.5 Å². The number of hydrogen-bond acceptors (Lipinski definition) is 8. The maximum Gasteiger partial charge on any atom is 0.501 e. The number of ketones is 4. The molecule has 2 aliphatic rings. The van der Waals surface area contributed by atoms with E-state index in [1.54, 1.807) is 38.1 Å². The van der Waals surface area contributed by atoms with Crippen molar-refractivity contribution < 1.29 is 36.0 Å². The molecule has 4 aromatic carbocycles. The molecule has 0 bridgehead atoms. The first-order chi connectivity index (χ1) is 19.7. The van der Waals surface area contributed by atoms with Gasteiger partial charge < -0.3 is 8.37 Å². The van der Waals surface area contributed by atoms with Gasteiger partial charge in [-0.3, -0.25) is 19.2 Å². The van der Waals surface area contributed by atoms with Crippen molar-refractivity contribution in [1.82, 2.24) is 0 Å². The second-order valence-electron chi connectivity index (χ2n) is 9.64. The monoisotopic (exact) mass is 566 g/mol. The summed E-state index contributed by atoms with van der Waals surface area (Å²) in [5.41, 5.74) is 1.10. The molecule has 0 atom stereocenters. The number of hydrogen-bond donors (Lipinski definition) is 0. The van der Waals surface area contributed by atoms with Gasteiger partial charge in [0.15, 0.2) is 34.6 Å². The van der Waals surface area contributed by atoms with Crippen LogP contribution >= 0.6 is 0 Å². The number of fused-ring (bicyclic) bond motifs is 4. The summed E-state index contributed by atoms with van der Waals surface area (Å²) in [6.07, 6.45) is 0.567. The molecule has 0 fully saturated rings. The highest BCUT2D eigenvalue weighted by atomic mass is 32.3. The van der Waals surface area contributed by atoms with Crippen molar-refractivity contribution >= 4 is 33.5 Å². The third kappa shape index (κ3) is 4.08. The quantitative estimate of drug-likeness (QED) is 0.274. The lowest BCUT2D eigenvalue weighted by molar-refractivity contribution is 0.0976. The molecule has 0 amide bonds. The zero-order chi connectivity index (χ0) is 29.1. The lowest BCUT2D eigenvalue weighted by Gasteiger charge is -2.23. The third-order valence-electron chi connectivity index (χ3n) is 7.39. The normalized spacial score (nSPS) is 13.7. The molecule has 6 rings (SSSR count). The molecule has 0 heterocycles. The van der Waals surface area contributed by atoms with E-state index in [1.165, 1.54) is 48.5 Å². The highest BCUT2D eigenvalue weighted by Gasteiger charge is 2.37. The topological polar surface area (TPSA) is 121 Å². The van der Waals surface area contributed by atoms with Crippen molar-refractivity contribution in [2.75, 3.05) is 0 Å². The molecule has 0 spiro atoms. The first-order valence-corrected chi connectivity index (χ1v) is 14.3. The zero-order valence-electron chi connectivity index (χ0n) is 22.0. The fourth-order valence-electron chi connectivity index (χ4n) is 5.37. The molecule has 2 aliphatic carbocycles. The molecular weight excluding hydrogens is 544 g/mol. The van der Waals surface area contributed by atoms with Crippen molar-refractivity contribution in [1.29, 1.82) is 0 Å². The summed E-state index contributed by atoms with van der Waals surface area (Å²) in [6, 6.07) is 18.6. The van der Waals surface area contributed by atoms with E-state index in [2.05, 4.69) is 0 Å². The third-order valence-corrected chi connectivity index (χ3v) is 8.13. The Balaban J connectivity index is 1.46. The van der Waals surface area contributed by atoms with Gasteiger partial charge in [0.1, 0.15) is 0 Å². The lowest BCUT2D eigenvalue weighted by atomic mass is 9.82. The average molecular weight is 567 g/mol. The molecule has 8 nitrogen and oxygen atoms in total. The minimum absolute atomic E-state index is 0.0137. The largest absolute Gasteiger partial charge is 0.501 e. The van der Waals surface area contributed by atoms with E-state index in [-0.39, 0.29) is 68.8 Å². The van der Waals surface area contributed by atoms with Crippen molar-refractivity contribution in [3.8, 4) is 11.5 Å². The summed E-state index contributed by atoms with van der Waals surface area (Å²) in [5.74, 6) is -2.61. The minimum atomic E-state index is -4.98. The van der Waals surface area contributed by atoms with Crippen molar-refractivity contribution in [3.63, 3.8) is 0 Å². The molecule has 41 heavy (non-hydrogen) atoms. The Kier molecular flexibility index (Phi) is 6.19. The van der Waals surface area contributed by atoms with Gasteiger partial charge in [-0.2, -0.15) is 0 Å². The van der Waals surface area contributed by atoms with Crippen LogP contribution < -0.4 is 8.37 Å². The van der Waals surface area contributed by atoms with E-state index in [4.69, 9.17) is 8.37 Å². The Morgan fingerprint density at radius 3 is 1.17 bits per heavy atom. The van der Waals surface area contributed by atoms with Crippen LogP contribution in [-0.2, 0) is 23.2 Å². The van der Waals surface area contributed by atoms with Gasteiger partial charge in [-0.25, -0.2) is 0 Å². The molecule has 0 N–H and O–H groups in total. The molecule has 0 saturated carbocycles. The highest BCUT2D eigenvalue weighted by Crippen LogP contribution is 2.39. The molecule has 0 aromatic heterocycles. The average Bonchev–Trinajstić information content (AvgIpc) is 2.98. The van der Waals surface area contributed by atoms with Crippen LogP contribution in [-0.4, -0.2) is 31.6 Å². The van der Waals surface area contributed by atoms with E-state index in [0.29, 0.717) is 11.1 Å². The molecule has 0 radical (unpaired) electrons. The van der Waals surface area contributed by atoms with Crippen molar-refractivity contribution in [3.05, 3.63) is 128 Å². The number of carbonyl (C=O) groups excluding carboxylic acids is 4. The molecule has 0 aliphatic heterocycles. The first kappa shape index (κ1) is 26.3. The van der Waals surface area contributed by atoms with Crippen molar-refractivity contribution in [2.24, 2.45) is 0 Å². The predicted octanol–water partition coefficient (Wildman–Crippen LogP) is 5.06. The Morgan fingerprint density at radius 2 is 0.829 bits per heavy atom. The van der Waals surface area contributed by atoms with E-state index >= 15 is 0 Å². The highest BCUT2D eigenvalue weighted by molar-refractivity contribution is 7.82. The Bertz CT molecular complexity index is 1820. The molecule has 0 unspecified atom stereocenters. The second kappa shape index (κ2) is 9.64. The van der Waals surface area contributed by atoms with Gasteiger partial charge in [-0.05, 0) is 36.1 Å². The van der Waals surface area contributed by atoms with E-state index in [0.717, 1.165) is 0 Å². The first-order valence-electron chi connectivity index (χ1n) is 13.0. The summed E-state index contributed by atoms with van der Waals surface area (Å²) < 4.78 is 37.9. The molecule has 0 saturated heterocycles. The maximum absolute atomic E-state index is 13.5. The van der Waals surface area contributed by atoms with Gasteiger partial charge in [0.05, 0.1) is 11.1 Å². The van der Waals surface area contributed by atoms with Crippen LogP contribution in [0.25, 0.3) is 0 Å². The van der Waals surface area contributed by atoms with E-state index in [1.807, 2.05) is 0 Å². The number of carbonyl (C=O) groups is 4. The van der Waals surface area contributed by atoms with Crippen LogP contribution in [0.15, 0.2) is 72.8 Å². The lowest BCUT2D eigenvalue weighted by Crippen LogP contribution is -2.27. The predicted molar refractivity (Wildman–Crippen MR) is 148 cm³/mol. The van der Waals surface area contributed by atoms with Gasteiger partial charge in [0.25, 0.3) is 0 Å². The Labute approximate surface area is 235 Å². The van der Waals surface area contributed by atoms with Gasteiger partial charge in [-0.15, -0.1) is 8.42 Å². The standard InChI is InChI=1S/C32H22O8S/c1-3-17-13-15-23-25(29(35)21-11-7-5-9-19(21)27(23)33)31(17)39-41(37,38)40-32-18(4-2)14-16-24-26(32)30(36)22-12-8-6-10-20(22)28(24)34/h5-16H,3-4H2,1-2H3. The number of rotatable bonds is 6. The smallest absolute Gasteiger partial charge is 0.352 e. The molecule has 204 valence electrons. The van der Waals surface area contributed by atoms with Crippen molar-refractivity contribution in [2.45, 2.75) is 26.7 Å². The number of benzene rings is 4. The van der Waals surface area contributed by atoms with Crippen LogP contribution in [0, 0.1) is 0 Å². The summed E-state index contributed by atoms with van der Waals surface area (Å²) in [5, 5.41) is 0. The summed E-state index contributed by atoms with van der Waals surface area (Å²) in [6.45, 7) is 3.49. The maximum atomic E-state index is 13.5. The van der Waals surface area contributed by atoms with E-state index in [9.17, 15) is 27.6 Å². The van der Waals surface area contributed by atoms with E-state index < -0.39 is 33.5 Å². The Hall–Kier alpha value is -4.89. The summed E-state index contributed by atoms with van der Waals surface area (Å²) in [7, 11) is -4.98. The fourth-order valence-corrected chi connectivity index (χ4v) is 6.19. The van der Waals surface area contributed by atoms with Crippen LogP contribution in [0.2, 0.25) is 0 Å². The molecule has 9 heteroatoms. The van der Waals surface area contributed by atoms with Gasteiger partial charge >= 0.3 is 10.4 Å². The fraction of sp³-hybridized carbons (Fsp3) is 0.125. The van der Waals surface area contributed by atoms with Gasteiger partial charge in [0, 0.05) is 33.4 Å². The Morgan fingerprint density at radius 1 is 0.488 bits per heavy atom. The molecule has 4 aromatic rings. The van der Waals surface area contributed by atoms with Gasteiger partial charge in [-0.1, -0.05) is 74.5 Å². The number of aryl methyl sites for hydroxylation is 2.